The van der Waals surface area contributed by atoms with Gasteiger partial charge < -0.3 is 10.1 Å². The van der Waals surface area contributed by atoms with Gasteiger partial charge in [-0.2, -0.15) is 4.98 Å². The van der Waals surface area contributed by atoms with Gasteiger partial charge in [-0.05, 0) is 12.5 Å². The summed E-state index contributed by atoms with van der Waals surface area (Å²) in [5, 5.41) is 6.60. The Labute approximate surface area is 123 Å². The van der Waals surface area contributed by atoms with Crippen LogP contribution in [0, 0.1) is 0 Å². The number of nitrogens with one attached hydrogen (secondary N) is 1. The normalized spacial score (nSPS) is 12.2. The molecule has 1 atom stereocenters. The minimum absolute atomic E-state index is 0.0150. The second kappa shape index (κ2) is 6.88. The molecule has 2 aromatic rings. The number of hydrogen-bond acceptors (Lipinski definition) is 5. The molecule has 0 bridgehead atoms. The van der Waals surface area contributed by atoms with Crippen LogP contribution in [0.2, 0.25) is 0 Å². The minimum Gasteiger partial charge on any atom is -0.439 e. The topological polar surface area (TPSA) is 77.2 Å². The Bertz CT molecular complexity index is 581. The van der Waals surface area contributed by atoms with Crippen LogP contribution in [0.5, 0.6) is 6.08 Å². The lowest BCUT2D eigenvalue weighted by Gasteiger charge is -2.13. The molecule has 0 fully saturated rings. The molecule has 1 N–H and O–H groups in total. The number of benzene rings is 1. The highest BCUT2D eigenvalue weighted by Crippen LogP contribution is 2.14. The van der Waals surface area contributed by atoms with Gasteiger partial charge >= 0.3 is 6.08 Å². The molecule has 0 saturated carbocycles. The van der Waals surface area contributed by atoms with Crippen molar-refractivity contribution in [3.63, 3.8) is 0 Å². The van der Waals surface area contributed by atoms with Crippen molar-refractivity contribution in [2.45, 2.75) is 32.7 Å². The highest BCUT2D eigenvalue weighted by atomic mass is 16.6. The molecule has 1 heterocycles. The Kier molecular flexibility index (Phi) is 4.92. The predicted octanol–water partition coefficient (Wildman–Crippen LogP) is 2.45. The highest BCUT2D eigenvalue weighted by molar-refractivity contribution is 5.77. The first kappa shape index (κ1) is 15.0. The molecular weight excluding hydrogens is 270 g/mol. The highest BCUT2D eigenvalue weighted by Gasteiger charge is 2.13. The van der Waals surface area contributed by atoms with Gasteiger partial charge in [0.25, 0.3) is 5.91 Å². The summed E-state index contributed by atoms with van der Waals surface area (Å²) in [4.78, 5) is 15.9. The average molecular weight is 289 g/mol. The number of amides is 1. The number of aromatic nitrogens is 2. The summed E-state index contributed by atoms with van der Waals surface area (Å²) in [7, 11) is 0. The minimum atomic E-state index is -0.240. The lowest BCUT2D eigenvalue weighted by Crippen LogP contribution is -2.31. The van der Waals surface area contributed by atoms with E-state index in [1.807, 2.05) is 51.1 Å². The van der Waals surface area contributed by atoms with Crippen LogP contribution < -0.4 is 10.1 Å². The van der Waals surface area contributed by atoms with Crippen molar-refractivity contribution in [1.29, 1.82) is 0 Å². The van der Waals surface area contributed by atoms with E-state index in [4.69, 9.17) is 9.26 Å². The fraction of sp³-hybridized carbons (Fsp3) is 0.400. The molecule has 0 saturated heterocycles. The second-order valence-corrected chi connectivity index (χ2v) is 5.06. The summed E-state index contributed by atoms with van der Waals surface area (Å²) in [6.45, 7) is 5.65. The molecule has 1 amide bonds. The Morgan fingerprint density at radius 1 is 1.29 bits per heavy atom. The van der Waals surface area contributed by atoms with E-state index < -0.39 is 0 Å². The standard InChI is InChI=1S/C15H19N3O3/c1-10(2)14-17-15(21-18-14)20-9-13(19)16-11(3)12-7-5-4-6-8-12/h4-8,10-11H,9H2,1-3H3,(H,16,19). The number of ether oxygens (including phenoxy) is 1. The number of hydrogen-bond donors (Lipinski definition) is 1. The van der Waals surface area contributed by atoms with Crippen molar-refractivity contribution < 1.29 is 14.1 Å². The van der Waals surface area contributed by atoms with Crippen molar-refractivity contribution in [2.24, 2.45) is 0 Å². The summed E-state index contributed by atoms with van der Waals surface area (Å²) < 4.78 is 10.1. The fourth-order valence-electron chi connectivity index (χ4n) is 1.75. The summed E-state index contributed by atoms with van der Waals surface area (Å²) in [5.41, 5.74) is 1.03. The van der Waals surface area contributed by atoms with Gasteiger partial charge in [0.1, 0.15) is 0 Å². The van der Waals surface area contributed by atoms with Crippen molar-refractivity contribution in [1.82, 2.24) is 15.5 Å². The second-order valence-electron chi connectivity index (χ2n) is 5.06. The van der Waals surface area contributed by atoms with E-state index in [1.165, 1.54) is 0 Å². The van der Waals surface area contributed by atoms with Crippen molar-refractivity contribution >= 4 is 5.91 Å². The first-order chi connectivity index (χ1) is 10.1. The first-order valence-electron chi connectivity index (χ1n) is 6.87. The lowest BCUT2D eigenvalue weighted by atomic mass is 10.1. The van der Waals surface area contributed by atoms with Crippen LogP contribution >= 0.6 is 0 Å². The van der Waals surface area contributed by atoms with E-state index >= 15 is 0 Å². The third-order valence-electron chi connectivity index (χ3n) is 2.94. The largest absolute Gasteiger partial charge is 0.439 e. The quantitative estimate of drug-likeness (QED) is 0.883. The van der Waals surface area contributed by atoms with Gasteiger partial charge in [0, 0.05) is 5.92 Å². The van der Waals surface area contributed by atoms with Crippen molar-refractivity contribution in [3.05, 3.63) is 41.7 Å². The Hall–Kier alpha value is -2.37. The van der Waals surface area contributed by atoms with Crippen molar-refractivity contribution in [3.8, 4) is 6.08 Å². The van der Waals surface area contributed by atoms with Crippen LogP contribution in [0.25, 0.3) is 0 Å². The molecule has 6 nitrogen and oxygen atoms in total. The summed E-state index contributed by atoms with van der Waals surface area (Å²) in [5.74, 6) is 0.469. The molecule has 0 radical (unpaired) electrons. The molecule has 21 heavy (non-hydrogen) atoms. The number of carbonyl (C=O) groups excluding carboxylic acids is 1. The molecule has 1 aromatic carbocycles. The maximum absolute atomic E-state index is 11.8. The molecule has 2 rings (SSSR count). The SMILES string of the molecule is CC(C)c1noc(OCC(=O)NC(C)c2ccccc2)n1. The molecule has 1 aromatic heterocycles. The van der Waals surface area contributed by atoms with Crippen LogP contribution in [-0.2, 0) is 4.79 Å². The third kappa shape index (κ3) is 4.30. The smallest absolute Gasteiger partial charge is 0.417 e. The summed E-state index contributed by atoms with van der Waals surface area (Å²) in [6.07, 6.45) is 0.0150. The van der Waals surface area contributed by atoms with Gasteiger partial charge in [-0.1, -0.05) is 49.3 Å². The van der Waals surface area contributed by atoms with Gasteiger partial charge in [0.2, 0.25) is 0 Å². The number of carbonyl (C=O) groups is 1. The number of nitrogens with zero attached hydrogens (tertiary/aromatic N) is 2. The molecule has 0 aliphatic rings. The van der Waals surface area contributed by atoms with Crippen LogP contribution in [-0.4, -0.2) is 22.7 Å². The van der Waals surface area contributed by atoms with Crippen LogP contribution in [0.4, 0.5) is 0 Å². The molecule has 1 unspecified atom stereocenters. The molecular formula is C15H19N3O3. The van der Waals surface area contributed by atoms with E-state index in [2.05, 4.69) is 15.5 Å². The van der Waals surface area contributed by atoms with E-state index in [0.29, 0.717) is 5.82 Å². The molecule has 6 heteroatoms. The van der Waals surface area contributed by atoms with E-state index in [-0.39, 0.29) is 30.6 Å². The molecule has 112 valence electrons. The maximum atomic E-state index is 11.8. The zero-order valence-electron chi connectivity index (χ0n) is 12.4. The summed E-state index contributed by atoms with van der Waals surface area (Å²) in [6, 6.07) is 9.62. The molecule has 0 aliphatic heterocycles. The molecule has 0 spiro atoms. The predicted molar refractivity (Wildman–Crippen MR) is 76.9 cm³/mol. The van der Waals surface area contributed by atoms with Gasteiger partial charge in [-0.25, -0.2) is 0 Å². The Morgan fingerprint density at radius 2 is 2.00 bits per heavy atom. The summed E-state index contributed by atoms with van der Waals surface area (Å²) >= 11 is 0. The Balaban J connectivity index is 1.82. The van der Waals surface area contributed by atoms with E-state index in [9.17, 15) is 4.79 Å². The maximum Gasteiger partial charge on any atom is 0.417 e. The first-order valence-corrected chi connectivity index (χ1v) is 6.87. The monoisotopic (exact) mass is 289 g/mol. The third-order valence-corrected chi connectivity index (χ3v) is 2.94. The van der Waals surface area contributed by atoms with Crippen molar-refractivity contribution in [2.75, 3.05) is 6.61 Å². The average Bonchev–Trinajstić information content (AvgIpc) is 2.95. The van der Waals surface area contributed by atoms with Gasteiger partial charge in [-0.15, -0.1) is 0 Å². The van der Waals surface area contributed by atoms with Gasteiger partial charge in [0.15, 0.2) is 12.4 Å². The zero-order chi connectivity index (χ0) is 15.2. The van der Waals surface area contributed by atoms with Crippen LogP contribution in [0.3, 0.4) is 0 Å². The zero-order valence-corrected chi connectivity index (χ0v) is 12.4. The number of rotatable bonds is 6. The van der Waals surface area contributed by atoms with E-state index in [1.54, 1.807) is 0 Å². The van der Waals surface area contributed by atoms with Crippen LogP contribution in [0.1, 0.15) is 44.1 Å². The fourth-order valence-corrected chi connectivity index (χ4v) is 1.75. The lowest BCUT2D eigenvalue weighted by molar-refractivity contribution is -0.124. The van der Waals surface area contributed by atoms with E-state index in [0.717, 1.165) is 5.56 Å². The van der Waals surface area contributed by atoms with Gasteiger partial charge in [0.05, 0.1) is 6.04 Å². The Morgan fingerprint density at radius 3 is 2.62 bits per heavy atom. The van der Waals surface area contributed by atoms with Gasteiger partial charge in [-0.3, -0.25) is 9.32 Å². The molecule has 0 aliphatic carbocycles. The van der Waals surface area contributed by atoms with Crippen LogP contribution in [0.15, 0.2) is 34.9 Å².